The van der Waals surface area contributed by atoms with Crippen molar-refractivity contribution in [2.45, 2.75) is 44.6 Å². The zero-order valence-electron chi connectivity index (χ0n) is 14.5. The first kappa shape index (κ1) is 19.5. The Balaban J connectivity index is 0.00000208. The van der Waals surface area contributed by atoms with E-state index < -0.39 is 0 Å². The summed E-state index contributed by atoms with van der Waals surface area (Å²) in [5.41, 5.74) is 0. The molecule has 0 bridgehead atoms. The van der Waals surface area contributed by atoms with Crippen LogP contribution in [-0.4, -0.2) is 84.9 Å². The number of likely N-dealkylation sites (tertiary alicyclic amines) is 1. The summed E-state index contributed by atoms with van der Waals surface area (Å²) in [6.07, 6.45) is 6.84. The smallest absolute Gasteiger partial charge is 0.239 e. The van der Waals surface area contributed by atoms with Crippen LogP contribution in [0.4, 0.5) is 0 Å². The Kier molecular flexibility index (Phi) is 7.78. The SMILES string of the molecule is Cl.O=C(CN1CCN(C(=O)C2CCCN2)CC1)N1CCCCCC1. The molecule has 0 aromatic heterocycles. The topological polar surface area (TPSA) is 55.9 Å². The molecule has 0 aromatic carbocycles. The highest BCUT2D eigenvalue weighted by Gasteiger charge is 2.30. The van der Waals surface area contributed by atoms with Gasteiger partial charge in [-0.1, -0.05) is 12.8 Å². The van der Waals surface area contributed by atoms with Crippen molar-refractivity contribution in [3.63, 3.8) is 0 Å². The number of amides is 2. The molecule has 1 atom stereocenters. The van der Waals surface area contributed by atoms with Crippen molar-refractivity contribution in [1.82, 2.24) is 20.0 Å². The van der Waals surface area contributed by atoms with E-state index >= 15 is 0 Å². The molecule has 1 N–H and O–H groups in total. The normalized spacial score (nSPS) is 25.9. The summed E-state index contributed by atoms with van der Waals surface area (Å²) >= 11 is 0. The summed E-state index contributed by atoms with van der Waals surface area (Å²) in [6, 6.07) is 0.0280. The molecule has 0 aliphatic carbocycles. The van der Waals surface area contributed by atoms with Crippen LogP contribution in [0.3, 0.4) is 0 Å². The third kappa shape index (κ3) is 5.07. The summed E-state index contributed by atoms with van der Waals surface area (Å²) in [4.78, 5) is 31.0. The van der Waals surface area contributed by atoms with Crippen LogP contribution in [0.5, 0.6) is 0 Å². The molecule has 3 aliphatic heterocycles. The van der Waals surface area contributed by atoms with Gasteiger partial charge in [-0.15, -0.1) is 12.4 Å². The van der Waals surface area contributed by atoms with Crippen molar-refractivity contribution in [3.05, 3.63) is 0 Å². The molecule has 3 fully saturated rings. The average molecular weight is 359 g/mol. The Labute approximate surface area is 151 Å². The van der Waals surface area contributed by atoms with Crippen LogP contribution in [0.1, 0.15) is 38.5 Å². The minimum Gasteiger partial charge on any atom is -0.342 e. The van der Waals surface area contributed by atoms with Crippen LogP contribution in [0.15, 0.2) is 0 Å². The van der Waals surface area contributed by atoms with E-state index in [9.17, 15) is 9.59 Å². The van der Waals surface area contributed by atoms with Crippen molar-refractivity contribution in [3.8, 4) is 0 Å². The molecule has 3 heterocycles. The van der Waals surface area contributed by atoms with Gasteiger partial charge in [0.05, 0.1) is 12.6 Å². The standard InChI is InChI=1S/C17H30N4O2.ClH/c22-16(20-8-3-1-2-4-9-20)14-19-10-12-21(13-11-19)17(23)15-6-5-7-18-15;/h15,18H,1-14H2;1H. The van der Waals surface area contributed by atoms with E-state index in [-0.39, 0.29) is 30.3 Å². The molecule has 3 aliphatic rings. The molecule has 0 aromatic rings. The van der Waals surface area contributed by atoms with Gasteiger partial charge >= 0.3 is 0 Å². The lowest BCUT2D eigenvalue weighted by atomic mass is 10.2. The van der Waals surface area contributed by atoms with Crippen molar-refractivity contribution < 1.29 is 9.59 Å². The van der Waals surface area contributed by atoms with Crippen molar-refractivity contribution in [1.29, 1.82) is 0 Å². The zero-order valence-corrected chi connectivity index (χ0v) is 15.4. The number of carbonyl (C=O) groups is 2. The molecule has 7 heteroatoms. The largest absolute Gasteiger partial charge is 0.342 e. The van der Waals surface area contributed by atoms with Crippen LogP contribution in [0.25, 0.3) is 0 Å². The van der Waals surface area contributed by atoms with Crippen LogP contribution < -0.4 is 5.32 Å². The second-order valence-electron chi connectivity index (χ2n) is 7.05. The molecule has 3 saturated heterocycles. The lowest BCUT2D eigenvalue weighted by Crippen LogP contribution is -2.54. The highest BCUT2D eigenvalue weighted by atomic mass is 35.5. The van der Waals surface area contributed by atoms with E-state index in [1.165, 1.54) is 12.8 Å². The Hall–Kier alpha value is -0.850. The van der Waals surface area contributed by atoms with Crippen molar-refractivity contribution in [2.75, 3.05) is 52.4 Å². The highest BCUT2D eigenvalue weighted by molar-refractivity contribution is 5.85. The van der Waals surface area contributed by atoms with E-state index in [2.05, 4.69) is 10.2 Å². The quantitative estimate of drug-likeness (QED) is 0.807. The molecule has 138 valence electrons. The first-order valence-corrected chi connectivity index (χ1v) is 9.26. The van der Waals surface area contributed by atoms with E-state index in [0.29, 0.717) is 6.54 Å². The summed E-state index contributed by atoms with van der Waals surface area (Å²) in [5.74, 6) is 0.519. The van der Waals surface area contributed by atoms with Gasteiger partial charge in [0.2, 0.25) is 11.8 Å². The average Bonchev–Trinajstić information content (AvgIpc) is 2.97. The number of carbonyl (C=O) groups excluding carboxylic acids is 2. The molecular formula is C17H31ClN4O2. The van der Waals surface area contributed by atoms with Gasteiger partial charge in [-0.25, -0.2) is 0 Å². The molecular weight excluding hydrogens is 328 g/mol. The molecule has 0 saturated carbocycles. The minimum atomic E-state index is 0. The van der Waals surface area contributed by atoms with E-state index in [1.807, 2.05) is 9.80 Å². The third-order valence-electron chi connectivity index (χ3n) is 5.36. The van der Waals surface area contributed by atoms with Gasteiger partial charge in [0.1, 0.15) is 0 Å². The van der Waals surface area contributed by atoms with E-state index in [1.54, 1.807) is 0 Å². The van der Waals surface area contributed by atoms with Gasteiger partial charge in [-0.2, -0.15) is 0 Å². The number of rotatable bonds is 3. The summed E-state index contributed by atoms with van der Waals surface area (Å²) in [6.45, 7) is 6.46. The first-order valence-electron chi connectivity index (χ1n) is 9.26. The predicted octanol–water partition coefficient (Wildman–Crippen LogP) is 0.707. The monoisotopic (exact) mass is 358 g/mol. The third-order valence-corrected chi connectivity index (χ3v) is 5.36. The molecule has 2 amide bonds. The van der Waals surface area contributed by atoms with Gasteiger partial charge in [0.15, 0.2) is 0 Å². The number of nitrogens with one attached hydrogen (secondary N) is 1. The van der Waals surface area contributed by atoms with E-state index in [0.717, 1.165) is 71.5 Å². The fourth-order valence-electron chi connectivity index (χ4n) is 3.85. The Bertz CT molecular complexity index is 413. The maximum Gasteiger partial charge on any atom is 0.239 e. The Morgan fingerprint density at radius 2 is 1.50 bits per heavy atom. The van der Waals surface area contributed by atoms with Crippen molar-refractivity contribution >= 4 is 24.2 Å². The zero-order chi connectivity index (χ0) is 16.1. The van der Waals surface area contributed by atoms with Crippen LogP contribution in [-0.2, 0) is 9.59 Å². The highest BCUT2D eigenvalue weighted by Crippen LogP contribution is 2.13. The van der Waals surface area contributed by atoms with Gasteiger partial charge in [-0.05, 0) is 32.2 Å². The van der Waals surface area contributed by atoms with Gasteiger partial charge < -0.3 is 15.1 Å². The van der Waals surface area contributed by atoms with Gasteiger partial charge in [0.25, 0.3) is 0 Å². The number of hydrogen-bond donors (Lipinski definition) is 1. The summed E-state index contributed by atoms with van der Waals surface area (Å²) < 4.78 is 0. The molecule has 24 heavy (non-hydrogen) atoms. The second-order valence-corrected chi connectivity index (χ2v) is 7.05. The Morgan fingerprint density at radius 1 is 0.833 bits per heavy atom. The number of piperazine rings is 1. The van der Waals surface area contributed by atoms with Gasteiger partial charge in [0, 0.05) is 39.3 Å². The predicted molar refractivity (Wildman–Crippen MR) is 96.3 cm³/mol. The molecule has 3 rings (SSSR count). The fraction of sp³-hybridized carbons (Fsp3) is 0.882. The summed E-state index contributed by atoms with van der Waals surface area (Å²) in [7, 11) is 0. The van der Waals surface area contributed by atoms with Crippen molar-refractivity contribution in [2.24, 2.45) is 0 Å². The van der Waals surface area contributed by atoms with Crippen LogP contribution in [0.2, 0.25) is 0 Å². The number of nitrogens with zero attached hydrogens (tertiary/aromatic N) is 3. The second kappa shape index (κ2) is 9.59. The fourth-order valence-corrected chi connectivity index (χ4v) is 3.85. The summed E-state index contributed by atoms with van der Waals surface area (Å²) in [5, 5.41) is 3.28. The molecule has 6 nitrogen and oxygen atoms in total. The molecule has 1 unspecified atom stereocenters. The lowest BCUT2D eigenvalue weighted by molar-refractivity contribution is -0.136. The number of halogens is 1. The molecule has 0 radical (unpaired) electrons. The van der Waals surface area contributed by atoms with E-state index in [4.69, 9.17) is 0 Å². The first-order chi connectivity index (χ1) is 11.2. The Morgan fingerprint density at radius 3 is 2.08 bits per heavy atom. The molecule has 0 spiro atoms. The maximum absolute atomic E-state index is 12.4. The van der Waals surface area contributed by atoms with Crippen LogP contribution in [0, 0.1) is 0 Å². The van der Waals surface area contributed by atoms with Gasteiger partial charge in [-0.3, -0.25) is 14.5 Å². The maximum atomic E-state index is 12.4. The van der Waals surface area contributed by atoms with Crippen LogP contribution >= 0.6 is 12.4 Å². The minimum absolute atomic E-state index is 0. The lowest BCUT2D eigenvalue weighted by Gasteiger charge is -2.36. The number of hydrogen-bond acceptors (Lipinski definition) is 4.